The molecule has 1 fully saturated rings. The lowest BCUT2D eigenvalue weighted by Gasteiger charge is -2.25. The molecule has 6 nitrogen and oxygen atoms in total. The maximum atomic E-state index is 13.6. The van der Waals surface area contributed by atoms with E-state index < -0.39 is 21.7 Å². The van der Waals surface area contributed by atoms with E-state index in [-0.39, 0.29) is 48.4 Å². The van der Waals surface area contributed by atoms with Gasteiger partial charge in [-0.1, -0.05) is 0 Å². The first-order valence-corrected chi connectivity index (χ1v) is 10.6. The van der Waals surface area contributed by atoms with Crippen LogP contribution in [0, 0.1) is 11.6 Å². The van der Waals surface area contributed by atoms with Gasteiger partial charge in [-0.05, 0) is 18.2 Å². The first-order chi connectivity index (χ1) is 11.9. The largest absolute Gasteiger partial charge is 0.355 e. The number of thioether (sulfide) groups is 1. The molecule has 0 bridgehead atoms. The first-order valence-electron chi connectivity index (χ1n) is 7.86. The summed E-state index contributed by atoms with van der Waals surface area (Å²) in [6.07, 6.45) is 0. The van der Waals surface area contributed by atoms with E-state index in [9.17, 15) is 17.2 Å². The second-order valence-corrected chi connectivity index (χ2v) is 8.73. The van der Waals surface area contributed by atoms with Gasteiger partial charge in [-0.15, -0.1) is 24.0 Å². The lowest BCUT2D eigenvalue weighted by atomic mass is 10.2. The van der Waals surface area contributed by atoms with Gasteiger partial charge in [-0.3, -0.25) is 4.99 Å². The molecule has 0 radical (unpaired) electrons. The molecule has 11 heteroatoms. The molecule has 148 valence electrons. The molecule has 0 aliphatic carbocycles. The van der Waals surface area contributed by atoms with Crippen LogP contribution in [0.4, 0.5) is 8.78 Å². The molecule has 26 heavy (non-hydrogen) atoms. The van der Waals surface area contributed by atoms with Crippen molar-refractivity contribution in [3.05, 3.63) is 35.4 Å². The summed E-state index contributed by atoms with van der Waals surface area (Å²) in [7, 11) is -1.78. The van der Waals surface area contributed by atoms with Crippen molar-refractivity contribution in [1.29, 1.82) is 0 Å². The quantitative estimate of drug-likeness (QED) is 0.339. The third-order valence-corrected chi connectivity index (χ3v) is 6.51. The van der Waals surface area contributed by atoms with Crippen LogP contribution < -0.4 is 10.6 Å². The Labute approximate surface area is 174 Å². The third kappa shape index (κ3) is 7.16. The van der Waals surface area contributed by atoms with E-state index in [1.165, 1.54) is 11.4 Å². The van der Waals surface area contributed by atoms with Gasteiger partial charge in [0, 0.05) is 50.3 Å². The molecule has 1 aromatic carbocycles. The molecule has 0 unspecified atom stereocenters. The zero-order valence-corrected chi connectivity index (χ0v) is 18.3. The maximum Gasteiger partial charge on any atom is 0.215 e. The highest BCUT2D eigenvalue weighted by Crippen LogP contribution is 2.13. The fraction of sp³-hybridized carbons (Fsp3) is 0.533. The Kier molecular flexibility index (Phi) is 10.1. The van der Waals surface area contributed by atoms with Gasteiger partial charge in [-0.2, -0.15) is 11.8 Å². The number of benzene rings is 1. The summed E-state index contributed by atoms with van der Waals surface area (Å²) in [6, 6.07) is 3.22. The standard InChI is InChI=1S/C15H22F2N4O2S2.HI/c1-18-15(20-11-12-10-13(16)2-3-14(12)17)19-4-9-25(22,23)21-5-7-24-8-6-21;/h2-3,10H,4-9,11H2,1H3,(H2,18,19,20);1H. The number of nitrogens with one attached hydrogen (secondary N) is 2. The molecule has 0 atom stereocenters. The highest BCUT2D eigenvalue weighted by molar-refractivity contribution is 14.0. The summed E-state index contributed by atoms with van der Waals surface area (Å²) in [5.74, 6) is 0.867. The number of aliphatic imine (C=N–C) groups is 1. The number of sulfonamides is 1. The molecular formula is C15H23F2IN4O2S2. The average Bonchev–Trinajstić information content (AvgIpc) is 2.61. The second-order valence-electron chi connectivity index (χ2n) is 5.42. The smallest absolute Gasteiger partial charge is 0.215 e. The number of nitrogens with zero attached hydrogens (tertiary/aromatic N) is 2. The summed E-state index contributed by atoms with van der Waals surface area (Å²) < 4.78 is 52.7. The van der Waals surface area contributed by atoms with Crippen LogP contribution in [0.2, 0.25) is 0 Å². The molecule has 0 amide bonds. The van der Waals surface area contributed by atoms with Gasteiger partial charge in [0.05, 0.1) is 5.75 Å². The van der Waals surface area contributed by atoms with Gasteiger partial charge in [0.2, 0.25) is 10.0 Å². The monoisotopic (exact) mass is 520 g/mol. The van der Waals surface area contributed by atoms with Gasteiger partial charge in [0.1, 0.15) is 11.6 Å². The topological polar surface area (TPSA) is 73.8 Å². The van der Waals surface area contributed by atoms with E-state index in [0.29, 0.717) is 19.0 Å². The molecule has 0 spiro atoms. The molecule has 1 heterocycles. The van der Waals surface area contributed by atoms with Crippen molar-refractivity contribution in [2.45, 2.75) is 6.54 Å². The molecule has 1 aromatic rings. The average molecular weight is 520 g/mol. The SMILES string of the molecule is CN=C(NCCS(=O)(=O)N1CCSCC1)NCc1cc(F)ccc1F.I. The van der Waals surface area contributed by atoms with Gasteiger partial charge >= 0.3 is 0 Å². The minimum atomic E-state index is -3.30. The molecule has 1 saturated heterocycles. The van der Waals surface area contributed by atoms with Crippen LogP contribution in [0.15, 0.2) is 23.2 Å². The molecule has 2 N–H and O–H groups in total. The molecule has 2 rings (SSSR count). The van der Waals surface area contributed by atoms with Crippen molar-refractivity contribution in [3.63, 3.8) is 0 Å². The predicted molar refractivity (Wildman–Crippen MR) is 113 cm³/mol. The maximum absolute atomic E-state index is 13.6. The zero-order chi connectivity index (χ0) is 18.3. The molecule has 0 aromatic heterocycles. The van der Waals surface area contributed by atoms with E-state index >= 15 is 0 Å². The van der Waals surface area contributed by atoms with Crippen LogP contribution in [0.5, 0.6) is 0 Å². The summed E-state index contributed by atoms with van der Waals surface area (Å²) >= 11 is 1.75. The third-order valence-electron chi connectivity index (χ3n) is 3.69. The van der Waals surface area contributed by atoms with Gasteiger partial charge in [0.25, 0.3) is 0 Å². The fourth-order valence-corrected chi connectivity index (χ4v) is 4.82. The van der Waals surface area contributed by atoms with Gasteiger partial charge in [-0.25, -0.2) is 21.5 Å². The van der Waals surface area contributed by atoms with Crippen molar-refractivity contribution >= 4 is 51.7 Å². The second kappa shape index (κ2) is 11.2. The van der Waals surface area contributed by atoms with E-state index in [0.717, 1.165) is 29.7 Å². The molecule has 1 aliphatic heterocycles. The Balaban J connectivity index is 0.00000338. The van der Waals surface area contributed by atoms with Crippen molar-refractivity contribution in [3.8, 4) is 0 Å². The Bertz CT molecular complexity index is 714. The van der Waals surface area contributed by atoms with Crippen molar-refractivity contribution < 1.29 is 17.2 Å². The highest BCUT2D eigenvalue weighted by atomic mass is 127. The highest BCUT2D eigenvalue weighted by Gasteiger charge is 2.23. The summed E-state index contributed by atoms with van der Waals surface area (Å²) in [5.41, 5.74) is 0.168. The lowest BCUT2D eigenvalue weighted by molar-refractivity contribution is 0.443. The number of guanidine groups is 1. The van der Waals surface area contributed by atoms with E-state index in [1.54, 1.807) is 11.8 Å². The zero-order valence-electron chi connectivity index (χ0n) is 14.4. The Morgan fingerprint density at radius 2 is 1.96 bits per heavy atom. The van der Waals surface area contributed by atoms with Crippen LogP contribution in [0.1, 0.15) is 5.56 Å². The van der Waals surface area contributed by atoms with E-state index in [4.69, 9.17) is 0 Å². The van der Waals surface area contributed by atoms with Crippen LogP contribution in [-0.2, 0) is 16.6 Å². The van der Waals surface area contributed by atoms with E-state index in [1.807, 2.05) is 0 Å². The van der Waals surface area contributed by atoms with Crippen LogP contribution in [0.3, 0.4) is 0 Å². The fourth-order valence-electron chi connectivity index (χ4n) is 2.33. The lowest BCUT2D eigenvalue weighted by Crippen LogP contribution is -2.44. The number of hydrogen-bond donors (Lipinski definition) is 2. The Morgan fingerprint density at radius 3 is 2.62 bits per heavy atom. The number of hydrogen-bond acceptors (Lipinski definition) is 4. The Hall–Kier alpha value is -0.660. The van der Waals surface area contributed by atoms with Crippen molar-refractivity contribution in [2.24, 2.45) is 4.99 Å². The van der Waals surface area contributed by atoms with Crippen molar-refractivity contribution in [1.82, 2.24) is 14.9 Å². The normalized spacial score (nSPS) is 16.0. The molecular weight excluding hydrogens is 497 g/mol. The number of halogens is 3. The summed E-state index contributed by atoms with van der Waals surface area (Å²) in [5, 5.41) is 5.72. The predicted octanol–water partition coefficient (Wildman–Crippen LogP) is 1.63. The van der Waals surface area contributed by atoms with Gasteiger partial charge < -0.3 is 10.6 Å². The first kappa shape index (κ1) is 23.4. The minimum Gasteiger partial charge on any atom is -0.355 e. The molecule has 0 saturated carbocycles. The van der Waals surface area contributed by atoms with Crippen LogP contribution >= 0.6 is 35.7 Å². The van der Waals surface area contributed by atoms with Crippen molar-refractivity contribution in [2.75, 3.05) is 43.9 Å². The minimum absolute atomic E-state index is 0. The summed E-state index contributed by atoms with van der Waals surface area (Å²) in [4.78, 5) is 3.95. The van der Waals surface area contributed by atoms with E-state index in [2.05, 4.69) is 15.6 Å². The summed E-state index contributed by atoms with van der Waals surface area (Å²) in [6.45, 7) is 1.30. The number of rotatable bonds is 6. The Morgan fingerprint density at radius 1 is 1.27 bits per heavy atom. The molecule has 1 aliphatic rings. The van der Waals surface area contributed by atoms with Gasteiger partial charge in [0.15, 0.2) is 5.96 Å². The van der Waals surface area contributed by atoms with Crippen LogP contribution in [-0.4, -0.2) is 62.6 Å². The van der Waals surface area contributed by atoms with Crippen LogP contribution in [0.25, 0.3) is 0 Å².